The normalized spacial score (nSPS) is 9.67. The molecule has 1 heterocycles. The maximum Gasteiger partial charge on any atom is 0.287 e. The minimum Gasteiger partial charge on any atom is -0.459 e. The van der Waals surface area contributed by atoms with Gasteiger partial charge in [0.15, 0.2) is 5.76 Å². The van der Waals surface area contributed by atoms with Crippen molar-refractivity contribution < 1.29 is 14.0 Å². The summed E-state index contributed by atoms with van der Waals surface area (Å²) in [6, 6.07) is 3.25. The highest BCUT2D eigenvalue weighted by Gasteiger charge is 2.06. The first-order valence-corrected chi connectivity index (χ1v) is 5.39. The van der Waals surface area contributed by atoms with Crippen LogP contribution in [-0.2, 0) is 4.79 Å². The maximum atomic E-state index is 11.3. The Balaban J connectivity index is 2.10. The summed E-state index contributed by atoms with van der Waals surface area (Å²) < 4.78 is 7.46. The molecule has 0 saturated carbocycles. The average Bonchev–Trinajstić information content (AvgIpc) is 2.69. The molecule has 0 aromatic carbocycles. The molecule has 0 radical (unpaired) electrons. The monoisotopic (exact) mass is 228 g/mol. The number of carbonyl (C=O) groups is 2. The molecule has 0 spiro atoms. The lowest BCUT2D eigenvalue weighted by molar-refractivity contribution is -0.117. The zero-order chi connectivity index (χ0) is 11.1. The number of carbonyl (C=O) groups excluding carboxylic acids is 2. The van der Waals surface area contributed by atoms with Crippen LogP contribution in [-0.4, -0.2) is 24.1 Å². The SMILES string of the molecule is CC(=O)NSCCNC(=O)c1ccco1. The fourth-order valence-corrected chi connectivity index (χ4v) is 1.37. The van der Waals surface area contributed by atoms with E-state index in [4.69, 9.17) is 4.42 Å². The van der Waals surface area contributed by atoms with Crippen LogP contribution >= 0.6 is 11.9 Å². The summed E-state index contributed by atoms with van der Waals surface area (Å²) in [4.78, 5) is 21.8. The highest BCUT2D eigenvalue weighted by Crippen LogP contribution is 1.99. The van der Waals surface area contributed by atoms with Gasteiger partial charge in [-0.15, -0.1) is 0 Å². The summed E-state index contributed by atoms with van der Waals surface area (Å²) >= 11 is 1.26. The van der Waals surface area contributed by atoms with Gasteiger partial charge in [-0.2, -0.15) is 0 Å². The fourth-order valence-electron chi connectivity index (χ4n) is 0.863. The van der Waals surface area contributed by atoms with Crippen molar-refractivity contribution in [2.75, 3.05) is 12.3 Å². The van der Waals surface area contributed by atoms with Crippen molar-refractivity contribution in [1.82, 2.24) is 10.0 Å². The molecule has 0 aliphatic heterocycles. The van der Waals surface area contributed by atoms with Gasteiger partial charge >= 0.3 is 0 Å². The van der Waals surface area contributed by atoms with E-state index in [-0.39, 0.29) is 11.8 Å². The fraction of sp³-hybridized carbons (Fsp3) is 0.333. The lowest BCUT2D eigenvalue weighted by Crippen LogP contribution is -2.26. The van der Waals surface area contributed by atoms with Crippen LogP contribution in [0.25, 0.3) is 0 Å². The van der Waals surface area contributed by atoms with E-state index in [1.165, 1.54) is 25.1 Å². The molecule has 0 unspecified atom stereocenters. The summed E-state index contributed by atoms with van der Waals surface area (Å²) in [5, 5.41) is 2.65. The third-order valence-electron chi connectivity index (χ3n) is 1.45. The second-order valence-electron chi connectivity index (χ2n) is 2.74. The van der Waals surface area contributed by atoms with Gasteiger partial charge in [0, 0.05) is 19.2 Å². The Hall–Kier alpha value is -1.43. The van der Waals surface area contributed by atoms with E-state index in [1.54, 1.807) is 12.1 Å². The van der Waals surface area contributed by atoms with E-state index in [0.29, 0.717) is 18.1 Å². The molecule has 2 amide bonds. The molecule has 0 bridgehead atoms. The Morgan fingerprint density at radius 2 is 2.33 bits per heavy atom. The molecule has 1 rings (SSSR count). The number of hydrogen-bond acceptors (Lipinski definition) is 4. The third-order valence-corrected chi connectivity index (χ3v) is 2.29. The van der Waals surface area contributed by atoms with E-state index < -0.39 is 0 Å². The highest BCUT2D eigenvalue weighted by molar-refractivity contribution is 7.97. The lowest BCUT2D eigenvalue weighted by atomic mass is 10.4. The molecule has 15 heavy (non-hydrogen) atoms. The van der Waals surface area contributed by atoms with Crippen molar-refractivity contribution in [2.24, 2.45) is 0 Å². The number of hydrogen-bond donors (Lipinski definition) is 2. The number of amides is 2. The zero-order valence-electron chi connectivity index (χ0n) is 8.28. The van der Waals surface area contributed by atoms with Crippen molar-refractivity contribution in [3.8, 4) is 0 Å². The third kappa shape index (κ3) is 4.55. The molecule has 0 saturated heterocycles. The van der Waals surface area contributed by atoms with Crippen molar-refractivity contribution in [1.29, 1.82) is 0 Å². The summed E-state index contributed by atoms with van der Waals surface area (Å²) in [6.07, 6.45) is 1.45. The largest absolute Gasteiger partial charge is 0.459 e. The summed E-state index contributed by atoms with van der Waals surface area (Å²) in [5.74, 6) is 0.562. The van der Waals surface area contributed by atoms with E-state index in [2.05, 4.69) is 10.0 Å². The Morgan fingerprint density at radius 1 is 1.53 bits per heavy atom. The molecule has 2 N–H and O–H groups in total. The lowest BCUT2D eigenvalue weighted by Gasteiger charge is -2.02. The average molecular weight is 228 g/mol. The first-order chi connectivity index (χ1) is 7.20. The summed E-state index contributed by atoms with van der Waals surface area (Å²) in [6.45, 7) is 1.92. The van der Waals surface area contributed by atoms with Crippen LogP contribution in [0.4, 0.5) is 0 Å². The second-order valence-corrected chi connectivity index (χ2v) is 3.64. The van der Waals surface area contributed by atoms with Crippen molar-refractivity contribution >= 4 is 23.8 Å². The topological polar surface area (TPSA) is 71.3 Å². The van der Waals surface area contributed by atoms with E-state index in [0.717, 1.165) is 0 Å². The number of rotatable bonds is 5. The maximum absolute atomic E-state index is 11.3. The standard InChI is InChI=1S/C9H12N2O3S/c1-7(12)11-15-6-4-10-9(13)8-3-2-5-14-8/h2-3,5H,4,6H2,1H3,(H,10,13)(H,11,12). The van der Waals surface area contributed by atoms with Crippen LogP contribution in [0.1, 0.15) is 17.5 Å². The predicted octanol–water partition coefficient (Wildman–Crippen LogP) is 0.794. The Labute approximate surface area is 91.7 Å². The number of nitrogens with one attached hydrogen (secondary N) is 2. The van der Waals surface area contributed by atoms with Crippen molar-refractivity contribution in [2.45, 2.75) is 6.92 Å². The van der Waals surface area contributed by atoms with Gasteiger partial charge in [-0.3, -0.25) is 9.59 Å². The van der Waals surface area contributed by atoms with E-state index in [1.807, 2.05) is 0 Å². The van der Waals surface area contributed by atoms with Crippen molar-refractivity contribution in [3.05, 3.63) is 24.2 Å². The van der Waals surface area contributed by atoms with Crippen LogP contribution in [0.2, 0.25) is 0 Å². The van der Waals surface area contributed by atoms with Gasteiger partial charge in [0.25, 0.3) is 5.91 Å². The summed E-state index contributed by atoms with van der Waals surface area (Å²) in [7, 11) is 0. The van der Waals surface area contributed by atoms with Gasteiger partial charge in [-0.05, 0) is 24.1 Å². The molecule has 6 heteroatoms. The first-order valence-electron chi connectivity index (χ1n) is 4.40. The molecular formula is C9H12N2O3S. The van der Waals surface area contributed by atoms with Crippen molar-refractivity contribution in [3.63, 3.8) is 0 Å². The van der Waals surface area contributed by atoms with Gasteiger partial charge in [-0.1, -0.05) is 0 Å². The molecule has 1 aromatic heterocycles. The molecule has 82 valence electrons. The Bertz CT molecular complexity index is 324. The van der Waals surface area contributed by atoms with E-state index >= 15 is 0 Å². The van der Waals surface area contributed by atoms with Gasteiger partial charge in [0.1, 0.15) is 0 Å². The molecule has 0 fully saturated rings. The Kier molecular flexibility index (Phi) is 4.76. The quantitative estimate of drug-likeness (QED) is 0.577. The van der Waals surface area contributed by atoms with Crippen LogP contribution in [0.15, 0.2) is 22.8 Å². The van der Waals surface area contributed by atoms with Gasteiger partial charge in [0.05, 0.1) is 6.26 Å². The number of furan rings is 1. The molecule has 0 aliphatic rings. The van der Waals surface area contributed by atoms with Gasteiger partial charge < -0.3 is 14.5 Å². The predicted molar refractivity (Wildman–Crippen MR) is 57.3 cm³/mol. The highest BCUT2D eigenvalue weighted by atomic mass is 32.2. The molecule has 1 aromatic rings. The summed E-state index contributed by atoms with van der Waals surface area (Å²) in [5.41, 5.74) is 0. The first kappa shape index (κ1) is 11.6. The van der Waals surface area contributed by atoms with Crippen LogP contribution < -0.4 is 10.0 Å². The smallest absolute Gasteiger partial charge is 0.287 e. The van der Waals surface area contributed by atoms with Crippen LogP contribution in [0.3, 0.4) is 0 Å². The second kappa shape index (κ2) is 6.13. The molecular weight excluding hydrogens is 216 g/mol. The van der Waals surface area contributed by atoms with E-state index in [9.17, 15) is 9.59 Å². The molecule has 0 atom stereocenters. The zero-order valence-corrected chi connectivity index (χ0v) is 9.10. The molecule has 5 nitrogen and oxygen atoms in total. The van der Waals surface area contributed by atoms with Gasteiger partial charge in [0.2, 0.25) is 5.91 Å². The minimum absolute atomic E-state index is 0.0997. The van der Waals surface area contributed by atoms with Crippen LogP contribution in [0.5, 0.6) is 0 Å². The van der Waals surface area contributed by atoms with Gasteiger partial charge in [-0.25, -0.2) is 0 Å². The van der Waals surface area contributed by atoms with Crippen LogP contribution in [0, 0.1) is 0 Å². The minimum atomic E-state index is -0.247. The molecule has 0 aliphatic carbocycles. The Morgan fingerprint density at radius 3 is 2.93 bits per heavy atom.